The lowest BCUT2D eigenvalue weighted by Crippen LogP contribution is -2.59. The van der Waals surface area contributed by atoms with Gasteiger partial charge in [0.15, 0.2) is 0 Å². The van der Waals surface area contributed by atoms with Gasteiger partial charge < -0.3 is 28.7 Å². The first-order valence-electron chi connectivity index (χ1n) is 13.4. The number of likely N-dealkylation sites (N-methyl/N-ethyl adjacent to an activating group) is 1. The minimum atomic E-state index is -0.931. The number of benzene rings is 1. The molecule has 0 bridgehead atoms. The summed E-state index contributed by atoms with van der Waals surface area (Å²) < 4.78 is 14.5. The molecule has 2 aliphatic rings. The van der Waals surface area contributed by atoms with Gasteiger partial charge in [0, 0.05) is 69.0 Å². The van der Waals surface area contributed by atoms with Crippen LogP contribution in [0.25, 0.3) is 0 Å². The SMILES string of the molecule is Cc1cc(OC[C@@]2(CC(=O)N3CCN(C)CC3)CN(C(=O)CCn3ccnc3C(C)C)CCO2)ccc1Cl. The molecule has 208 valence electrons. The molecule has 2 saturated heterocycles. The van der Waals surface area contributed by atoms with Crippen molar-refractivity contribution in [1.29, 1.82) is 0 Å². The minimum Gasteiger partial charge on any atom is -0.490 e. The first-order valence-corrected chi connectivity index (χ1v) is 13.8. The molecule has 9 nitrogen and oxygen atoms in total. The van der Waals surface area contributed by atoms with E-state index in [4.69, 9.17) is 21.1 Å². The summed E-state index contributed by atoms with van der Waals surface area (Å²) >= 11 is 6.19. The monoisotopic (exact) mass is 545 g/mol. The molecule has 0 saturated carbocycles. The maximum Gasteiger partial charge on any atom is 0.225 e. The van der Waals surface area contributed by atoms with E-state index in [-0.39, 0.29) is 30.8 Å². The van der Waals surface area contributed by atoms with Gasteiger partial charge in [-0.1, -0.05) is 25.4 Å². The Morgan fingerprint density at radius 1 is 1.13 bits per heavy atom. The third-order valence-electron chi connectivity index (χ3n) is 7.39. The summed E-state index contributed by atoms with van der Waals surface area (Å²) in [6, 6.07) is 5.49. The predicted octanol–water partition coefficient (Wildman–Crippen LogP) is 3.20. The zero-order chi connectivity index (χ0) is 27.3. The average Bonchev–Trinajstić information content (AvgIpc) is 3.38. The summed E-state index contributed by atoms with van der Waals surface area (Å²) in [5, 5.41) is 0.668. The van der Waals surface area contributed by atoms with Crippen LogP contribution in [0.3, 0.4) is 0 Å². The fraction of sp³-hybridized carbons (Fsp3) is 0.607. The van der Waals surface area contributed by atoms with Crippen molar-refractivity contribution in [2.45, 2.75) is 51.7 Å². The Morgan fingerprint density at radius 3 is 2.61 bits per heavy atom. The second-order valence-electron chi connectivity index (χ2n) is 10.8. The molecule has 1 atom stereocenters. The maximum absolute atomic E-state index is 13.4. The van der Waals surface area contributed by atoms with Crippen molar-refractivity contribution < 1.29 is 19.1 Å². The third-order valence-corrected chi connectivity index (χ3v) is 7.82. The molecule has 0 unspecified atom stereocenters. The van der Waals surface area contributed by atoms with Gasteiger partial charge in [-0.2, -0.15) is 0 Å². The van der Waals surface area contributed by atoms with Crippen LogP contribution in [-0.4, -0.2) is 101 Å². The Morgan fingerprint density at radius 2 is 1.89 bits per heavy atom. The number of amides is 2. The zero-order valence-corrected chi connectivity index (χ0v) is 23.7. The quantitative estimate of drug-likeness (QED) is 0.481. The van der Waals surface area contributed by atoms with Crippen LogP contribution in [-0.2, 0) is 20.9 Å². The summed E-state index contributed by atoms with van der Waals surface area (Å²) in [4.78, 5) is 37.1. The molecule has 3 heterocycles. The molecule has 1 aromatic carbocycles. The number of imidazole rings is 1. The molecule has 10 heteroatoms. The van der Waals surface area contributed by atoms with E-state index >= 15 is 0 Å². The number of hydrogen-bond donors (Lipinski definition) is 0. The lowest BCUT2D eigenvalue weighted by atomic mass is 9.96. The number of ether oxygens (including phenoxy) is 2. The van der Waals surface area contributed by atoms with Crippen LogP contribution in [0.4, 0.5) is 0 Å². The maximum atomic E-state index is 13.4. The van der Waals surface area contributed by atoms with Gasteiger partial charge in [-0.05, 0) is 37.7 Å². The number of morpholine rings is 1. The van der Waals surface area contributed by atoms with Gasteiger partial charge in [-0.25, -0.2) is 4.98 Å². The molecular formula is C28H40ClN5O4. The normalized spacial score (nSPS) is 20.7. The predicted molar refractivity (Wildman–Crippen MR) is 147 cm³/mol. The lowest BCUT2D eigenvalue weighted by Gasteiger charge is -2.43. The number of carbonyl (C=O) groups is 2. The summed E-state index contributed by atoms with van der Waals surface area (Å²) in [6.07, 6.45) is 4.21. The molecular weight excluding hydrogens is 506 g/mol. The Bertz CT molecular complexity index is 1110. The molecule has 0 spiro atoms. The van der Waals surface area contributed by atoms with E-state index in [0.717, 1.165) is 24.5 Å². The van der Waals surface area contributed by atoms with Crippen molar-refractivity contribution in [1.82, 2.24) is 24.3 Å². The van der Waals surface area contributed by atoms with Gasteiger partial charge in [0.1, 0.15) is 23.8 Å². The minimum absolute atomic E-state index is 0.0308. The second-order valence-corrected chi connectivity index (χ2v) is 11.2. The lowest BCUT2D eigenvalue weighted by molar-refractivity contribution is -0.166. The van der Waals surface area contributed by atoms with Gasteiger partial charge in [0.25, 0.3) is 0 Å². The largest absolute Gasteiger partial charge is 0.490 e. The molecule has 2 fully saturated rings. The van der Waals surface area contributed by atoms with E-state index in [1.165, 1.54) is 0 Å². The fourth-order valence-corrected chi connectivity index (χ4v) is 5.17. The fourth-order valence-electron chi connectivity index (χ4n) is 5.05. The van der Waals surface area contributed by atoms with Gasteiger partial charge in [0.2, 0.25) is 11.8 Å². The number of carbonyl (C=O) groups excluding carboxylic acids is 2. The van der Waals surface area contributed by atoms with Gasteiger partial charge >= 0.3 is 0 Å². The van der Waals surface area contributed by atoms with Crippen LogP contribution in [0.15, 0.2) is 30.6 Å². The van der Waals surface area contributed by atoms with Crippen molar-refractivity contribution in [3.63, 3.8) is 0 Å². The van der Waals surface area contributed by atoms with Gasteiger partial charge in [-0.15, -0.1) is 0 Å². The Kier molecular flexibility index (Phi) is 9.33. The summed E-state index contributed by atoms with van der Waals surface area (Å²) in [5.74, 6) is 1.98. The number of halogens is 1. The summed E-state index contributed by atoms with van der Waals surface area (Å²) in [5.41, 5.74) is -0.0201. The van der Waals surface area contributed by atoms with Crippen LogP contribution >= 0.6 is 11.6 Å². The van der Waals surface area contributed by atoms with Crippen LogP contribution < -0.4 is 4.74 Å². The zero-order valence-electron chi connectivity index (χ0n) is 23.0. The second kappa shape index (κ2) is 12.5. The topological polar surface area (TPSA) is 80.1 Å². The molecule has 2 aliphatic heterocycles. The average molecular weight is 546 g/mol. The molecule has 0 N–H and O–H groups in total. The van der Waals surface area contributed by atoms with Crippen LogP contribution in [0.1, 0.15) is 44.0 Å². The Hall–Kier alpha value is -2.62. The van der Waals surface area contributed by atoms with Gasteiger partial charge in [-0.3, -0.25) is 9.59 Å². The molecule has 38 heavy (non-hydrogen) atoms. The molecule has 2 aromatic rings. The number of rotatable bonds is 9. The molecule has 4 rings (SSSR count). The van der Waals surface area contributed by atoms with Crippen LogP contribution in [0, 0.1) is 6.92 Å². The number of hydrogen-bond acceptors (Lipinski definition) is 6. The molecule has 0 radical (unpaired) electrons. The van der Waals surface area contributed by atoms with Crippen molar-refractivity contribution in [2.75, 3.05) is 59.5 Å². The van der Waals surface area contributed by atoms with Crippen LogP contribution in [0.5, 0.6) is 5.75 Å². The van der Waals surface area contributed by atoms with E-state index in [2.05, 4.69) is 30.8 Å². The molecule has 2 amide bonds. The van der Waals surface area contributed by atoms with E-state index in [9.17, 15) is 9.59 Å². The van der Waals surface area contributed by atoms with E-state index in [0.29, 0.717) is 56.5 Å². The number of aromatic nitrogens is 2. The molecule has 1 aromatic heterocycles. The highest BCUT2D eigenvalue weighted by Crippen LogP contribution is 2.28. The summed E-state index contributed by atoms with van der Waals surface area (Å²) in [6.45, 7) is 11.1. The first-order chi connectivity index (χ1) is 18.2. The van der Waals surface area contributed by atoms with Crippen molar-refractivity contribution >= 4 is 23.4 Å². The highest BCUT2D eigenvalue weighted by atomic mass is 35.5. The highest BCUT2D eigenvalue weighted by Gasteiger charge is 2.42. The smallest absolute Gasteiger partial charge is 0.225 e. The summed E-state index contributed by atoms with van der Waals surface area (Å²) in [7, 11) is 2.06. The number of piperazine rings is 1. The third kappa shape index (κ3) is 7.07. The van der Waals surface area contributed by atoms with Crippen molar-refractivity contribution in [3.8, 4) is 5.75 Å². The first kappa shape index (κ1) is 28.4. The Balaban J connectivity index is 1.46. The number of nitrogens with zero attached hydrogens (tertiary/aromatic N) is 5. The standard InChI is InChI=1S/C28H40ClN5O4/c1-21(2)27-30-8-10-33(27)9-7-25(35)34-15-16-38-28(19-34,18-26(36)32-13-11-31(4)12-14-32)20-37-23-5-6-24(29)22(3)17-23/h5-6,8,10,17,21H,7,9,11-16,18-20H2,1-4H3/t28-/m1/s1. The van der Waals surface area contributed by atoms with Crippen molar-refractivity contribution in [2.24, 2.45) is 0 Å². The van der Waals surface area contributed by atoms with E-state index in [1.54, 1.807) is 12.3 Å². The Labute approximate surface area is 230 Å². The highest BCUT2D eigenvalue weighted by molar-refractivity contribution is 6.31. The molecule has 0 aliphatic carbocycles. The van der Waals surface area contributed by atoms with Gasteiger partial charge in [0.05, 0.1) is 19.6 Å². The van der Waals surface area contributed by atoms with E-state index in [1.807, 2.05) is 39.6 Å². The van der Waals surface area contributed by atoms with Crippen molar-refractivity contribution in [3.05, 3.63) is 47.0 Å². The van der Waals surface area contributed by atoms with E-state index < -0.39 is 5.60 Å². The van der Waals surface area contributed by atoms with Crippen LogP contribution in [0.2, 0.25) is 5.02 Å². The number of aryl methyl sites for hydroxylation is 2.